The minimum Gasteiger partial charge on any atom is -0.464 e. The van der Waals surface area contributed by atoms with Crippen LogP contribution >= 0.6 is 0 Å². The molecule has 0 saturated heterocycles. The van der Waals surface area contributed by atoms with Crippen LogP contribution in [0.4, 0.5) is 0 Å². The minimum absolute atomic E-state index is 0.249. The SMILES string of the molecule is CCC(C)c1nc2n(c1C(=O)OC)CCCC2. The minimum atomic E-state index is -0.249. The summed E-state index contributed by atoms with van der Waals surface area (Å²) in [5.41, 5.74) is 1.59. The summed E-state index contributed by atoms with van der Waals surface area (Å²) in [5.74, 6) is 1.11. The maximum absolute atomic E-state index is 11.9. The van der Waals surface area contributed by atoms with Gasteiger partial charge in [0.05, 0.1) is 12.8 Å². The number of rotatable bonds is 3. The van der Waals surface area contributed by atoms with Crippen molar-refractivity contribution in [3.63, 3.8) is 0 Å². The zero-order valence-corrected chi connectivity index (χ0v) is 10.8. The first-order valence-corrected chi connectivity index (χ1v) is 6.36. The van der Waals surface area contributed by atoms with E-state index in [1.54, 1.807) is 0 Å². The molecule has 0 bridgehead atoms. The molecule has 4 heteroatoms. The fraction of sp³-hybridized carbons (Fsp3) is 0.692. The van der Waals surface area contributed by atoms with Gasteiger partial charge in [-0.25, -0.2) is 9.78 Å². The smallest absolute Gasteiger partial charge is 0.356 e. The van der Waals surface area contributed by atoms with Crippen molar-refractivity contribution in [2.75, 3.05) is 7.11 Å². The van der Waals surface area contributed by atoms with E-state index in [9.17, 15) is 4.79 Å². The molecular formula is C13H20N2O2. The van der Waals surface area contributed by atoms with Crippen molar-refractivity contribution in [1.82, 2.24) is 9.55 Å². The molecule has 1 aromatic heterocycles. The van der Waals surface area contributed by atoms with E-state index in [1.807, 2.05) is 0 Å². The first kappa shape index (κ1) is 12.1. The predicted molar refractivity (Wildman–Crippen MR) is 65.2 cm³/mol. The van der Waals surface area contributed by atoms with E-state index in [-0.39, 0.29) is 5.97 Å². The van der Waals surface area contributed by atoms with Gasteiger partial charge in [-0.05, 0) is 19.3 Å². The highest BCUT2D eigenvalue weighted by molar-refractivity contribution is 5.89. The lowest BCUT2D eigenvalue weighted by Gasteiger charge is -2.15. The number of hydrogen-bond donors (Lipinski definition) is 0. The van der Waals surface area contributed by atoms with Gasteiger partial charge in [0.1, 0.15) is 5.82 Å². The quantitative estimate of drug-likeness (QED) is 0.757. The predicted octanol–water partition coefficient (Wildman–Crippen LogP) is 2.52. The molecule has 17 heavy (non-hydrogen) atoms. The summed E-state index contributed by atoms with van der Waals surface area (Å²) in [4.78, 5) is 16.6. The monoisotopic (exact) mass is 236 g/mol. The number of aryl methyl sites for hydroxylation is 1. The topological polar surface area (TPSA) is 44.1 Å². The molecule has 2 heterocycles. The van der Waals surface area contributed by atoms with Gasteiger partial charge in [0, 0.05) is 18.9 Å². The second kappa shape index (κ2) is 4.90. The zero-order chi connectivity index (χ0) is 12.4. The summed E-state index contributed by atoms with van der Waals surface area (Å²) in [6, 6.07) is 0. The van der Waals surface area contributed by atoms with Crippen LogP contribution in [0, 0.1) is 0 Å². The Morgan fingerprint density at radius 1 is 1.53 bits per heavy atom. The van der Waals surface area contributed by atoms with E-state index >= 15 is 0 Å². The van der Waals surface area contributed by atoms with Crippen molar-refractivity contribution in [2.24, 2.45) is 0 Å². The molecule has 1 aliphatic heterocycles. The molecule has 1 aromatic rings. The molecule has 1 unspecified atom stereocenters. The van der Waals surface area contributed by atoms with Crippen LogP contribution in [0.1, 0.15) is 61.0 Å². The lowest BCUT2D eigenvalue weighted by molar-refractivity contribution is 0.0585. The van der Waals surface area contributed by atoms with Gasteiger partial charge >= 0.3 is 5.97 Å². The van der Waals surface area contributed by atoms with Crippen molar-refractivity contribution < 1.29 is 9.53 Å². The van der Waals surface area contributed by atoms with Gasteiger partial charge in [0.2, 0.25) is 0 Å². The number of ether oxygens (including phenoxy) is 1. The van der Waals surface area contributed by atoms with Crippen LogP contribution in [0.5, 0.6) is 0 Å². The first-order chi connectivity index (χ1) is 8.19. The van der Waals surface area contributed by atoms with E-state index in [2.05, 4.69) is 23.4 Å². The Hall–Kier alpha value is -1.32. The Labute approximate surface area is 102 Å². The molecule has 0 fully saturated rings. The molecular weight excluding hydrogens is 216 g/mol. The van der Waals surface area contributed by atoms with Gasteiger partial charge in [-0.2, -0.15) is 0 Å². The van der Waals surface area contributed by atoms with Crippen molar-refractivity contribution in [2.45, 2.75) is 52.0 Å². The van der Waals surface area contributed by atoms with Crippen LogP contribution in [0.15, 0.2) is 0 Å². The summed E-state index contributed by atoms with van der Waals surface area (Å²) in [5, 5.41) is 0. The standard InChI is InChI=1S/C13H20N2O2/c1-4-9(2)11-12(13(16)17-3)15-8-6-5-7-10(15)14-11/h9H,4-8H2,1-3H3. The average Bonchev–Trinajstić information content (AvgIpc) is 2.76. The van der Waals surface area contributed by atoms with Crippen molar-refractivity contribution in [3.05, 3.63) is 17.2 Å². The molecule has 0 aromatic carbocycles. The van der Waals surface area contributed by atoms with Crippen LogP contribution in [-0.4, -0.2) is 22.6 Å². The van der Waals surface area contributed by atoms with Gasteiger partial charge in [0.25, 0.3) is 0 Å². The average molecular weight is 236 g/mol. The number of methoxy groups -OCH3 is 1. The van der Waals surface area contributed by atoms with Crippen molar-refractivity contribution >= 4 is 5.97 Å². The van der Waals surface area contributed by atoms with Crippen LogP contribution in [-0.2, 0) is 17.7 Å². The van der Waals surface area contributed by atoms with Crippen LogP contribution in [0.3, 0.4) is 0 Å². The summed E-state index contributed by atoms with van der Waals surface area (Å²) in [7, 11) is 1.44. The maximum Gasteiger partial charge on any atom is 0.356 e. The molecule has 0 amide bonds. The summed E-state index contributed by atoms with van der Waals surface area (Å²) in [6.07, 6.45) is 4.24. The Bertz CT molecular complexity index is 423. The van der Waals surface area contributed by atoms with E-state index < -0.39 is 0 Å². The Morgan fingerprint density at radius 2 is 2.29 bits per heavy atom. The van der Waals surface area contributed by atoms with Crippen LogP contribution < -0.4 is 0 Å². The number of imidazole rings is 1. The maximum atomic E-state index is 11.9. The van der Waals surface area contributed by atoms with Gasteiger partial charge in [-0.1, -0.05) is 13.8 Å². The van der Waals surface area contributed by atoms with Crippen molar-refractivity contribution in [3.8, 4) is 0 Å². The van der Waals surface area contributed by atoms with E-state index in [1.165, 1.54) is 7.11 Å². The van der Waals surface area contributed by atoms with Crippen LogP contribution in [0.2, 0.25) is 0 Å². The van der Waals surface area contributed by atoms with Crippen molar-refractivity contribution in [1.29, 1.82) is 0 Å². The molecule has 0 spiro atoms. The third-order valence-corrected chi connectivity index (χ3v) is 3.56. The van der Waals surface area contributed by atoms with Crippen LogP contribution in [0.25, 0.3) is 0 Å². The molecule has 0 aliphatic carbocycles. The fourth-order valence-electron chi connectivity index (χ4n) is 2.35. The number of carbonyl (C=O) groups excluding carboxylic acids is 1. The summed E-state index contributed by atoms with van der Waals surface area (Å²) in [6.45, 7) is 5.12. The molecule has 1 aliphatic rings. The number of aromatic nitrogens is 2. The summed E-state index contributed by atoms with van der Waals surface area (Å²) < 4.78 is 6.95. The molecule has 2 rings (SSSR count). The molecule has 4 nitrogen and oxygen atoms in total. The lowest BCUT2D eigenvalue weighted by Crippen LogP contribution is -2.17. The van der Waals surface area contributed by atoms with Gasteiger partial charge in [0.15, 0.2) is 5.69 Å². The second-order valence-corrected chi connectivity index (χ2v) is 4.67. The number of esters is 1. The Balaban J connectivity index is 2.50. The highest BCUT2D eigenvalue weighted by Crippen LogP contribution is 2.27. The second-order valence-electron chi connectivity index (χ2n) is 4.67. The van der Waals surface area contributed by atoms with Gasteiger partial charge in [-0.15, -0.1) is 0 Å². The third kappa shape index (κ3) is 2.08. The number of hydrogen-bond acceptors (Lipinski definition) is 3. The first-order valence-electron chi connectivity index (χ1n) is 6.36. The van der Waals surface area contributed by atoms with E-state index in [0.717, 1.165) is 43.7 Å². The molecule has 0 N–H and O–H groups in total. The highest BCUT2D eigenvalue weighted by Gasteiger charge is 2.27. The molecule has 0 radical (unpaired) electrons. The fourth-order valence-corrected chi connectivity index (χ4v) is 2.35. The Morgan fingerprint density at radius 3 is 2.94 bits per heavy atom. The van der Waals surface area contributed by atoms with E-state index in [0.29, 0.717) is 11.6 Å². The number of carbonyl (C=O) groups is 1. The number of fused-ring (bicyclic) bond motifs is 1. The zero-order valence-electron chi connectivity index (χ0n) is 10.8. The largest absolute Gasteiger partial charge is 0.464 e. The highest BCUT2D eigenvalue weighted by atomic mass is 16.5. The Kier molecular flexibility index (Phi) is 3.50. The normalized spacial score (nSPS) is 16.4. The summed E-state index contributed by atoms with van der Waals surface area (Å²) >= 11 is 0. The van der Waals surface area contributed by atoms with E-state index in [4.69, 9.17) is 4.74 Å². The molecule has 1 atom stereocenters. The van der Waals surface area contributed by atoms with Gasteiger partial charge in [-0.3, -0.25) is 0 Å². The molecule has 0 saturated carbocycles. The third-order valence-electron chi connectivity index (χ3n) is 3.56. The number of nitrogens with zero attached hydrogens (tertiary/aromatic N) is 2. The van der Waals surface area contributed by atoms with Gasteiger partial charge < -0.3 is 9.30 Å². The molecule has 94 valence electrons. The lowest BCUT2D eigenvalue weighted by atomic mass is 10.0.